The van der Waals surface area contributed by atoms with Crippen LogP contribution in [0.4, 0.5) is 0 Å². The van der Waals surface area contributed by atoms with Crippen molar-refractivity contribution >= 4 is 0 Å². The van der Waals surface area contributed by atoms with Crippen molar-refractivity contribution < 1.29 is 30.6 Å². The zero-order valence-corrected chi connectivity index (χ0v) is 10.6. The van der Waals surface area contributed by atoms with E-state index < -0.39 is 55.6 Å². The van der Waals surface area contributed by atoms with Gasteiger partial charge in [0.2, 0.25) is 0 Å². The highest BCUT2D eigenvalue weighted by molar-refractivity contribution is 4.83. The maximum absolute atomic E-state index is 11.9. The molecule has 0 fully saturated rings. The zero-order valence-electron chi connectivity index (χ0n) is 10.6. The molecule has 0 aliphatic rings. The van der Waals surface area contributed by atoms with Crippen LogP contribution in [-0.4, -0.2) is 64.2 Å². The van der Waals surface area contributed by atoms with E-state index >= 15 is 0 Å². The Morgan fingerprint density at radius 2 is 0.810 bits per heavy atom. The summed E-state index contributed by atoms with van der Waals surface area (Å²) in [6, 6.07) is 0. The molecule has 21 heavy (non-hydrogen) atoms. The normalized spacial score (nSPS) is 15.7. The third-order valence-electron chi connectivity index (χ3n) is 2.62. The van der Waals surface area contributed by atoms with E-state index in [9.17, 15) is 29.7 Å². The van der Waals surface area contributed by atoms with Gasteiger partial charge < -0.3 is 30.6 Å². The number of aliphatic hydroxyl groups is 6. The predicted molar refractivity (Wildman–Crippen MR) is 64.2 cm³/mol. The van der Waals surface area contributed by atoms with Crippen LogP contribution in [0.1, 0.15) is 18.7 Å². The van der Waals surface area contributed by atoms with E-state index in [0.717, 1.165) is 0 Å². The molecule has 0 spiro atoms. The van der Waals surface area contributed by atoms with Crippen molar-refractivity contribution in [2.45, 2.75) is 18.7 Å². The van der Waals surface area contributed by atoms with E-state index in [-0.39, 0.29) is 13.7 Å². The third-order valence-corrected chi connectivity index (χ3v) is 2.62. The van der Waals surface area contributed by atoms with Gasteiger partial charge in [0.1, 0.15) is 0 Å². The van der Waals surface area contributed by atoms with Crippen molar-refractivity contribution in [1.82, 2.24) is 13.7 Å². The van der Waals surface area contributed by atoms with E-state index in [2.05, 4.69) is 0 Å². The summed E-state index contributed by atoms with van der Waals surface area (Å²) in [7, 11) is 0. The van der Waals surface area contributed by atoms with Crippen LogP contribution in [-0.2, 0) is 0 Å². The van der Waals surface area contributed by atoms with E-state index in [1.807, 2.05) is 0 Å². The molecular weight excluding hydrogens is 294 g/mol. The van der Waals surface area contributed by atoms with Gasteiger partial charge >= 0.3 is 17.1 Å². The van der Waals surface area contributed by atoms with Gasteiger partial charge in [0.15, 0.2) is 18.7 Å². The van der Waals surface area contributed by atoms with Gasteiger partial charge in [0.25, 0.3) is 0 Å². The van der Waals surface area contributed by atoms with Crippen molar-refractivity contribution in [2.24, 2.45) is 0 Å². The molecule has 1 aromatic heterocycles. The Hall–Kier alpha value is -1.83. The highest BCUT2D eigenvalue weighted by atomic mass is 16.4. The third kappa shape index (κ3) is 2.94. The Morgan fingerprint density at radius 3 is 0.952 bits per heavy atom. The van der Waals surface area contributed by atoms with Crippen molar-refractivity contribution in [2.75, 3.05) is 19.8 Å². The molecule has 0 radical (unpaired) electrons. The van der Waals surface area contributed by atoms with Gasteiger partial charge in [0.05, 0.1) is 19.8 Å². The quantitative estimate of drug-likeness (QED) is 0.298. The van der Waals surface area contributed by atoms with Gasteiger partial charge in [-0.1, -0.05) is 0 Å². The molecule has 3 unspecified atom stereocenters. The van der Waals surface area contributed by atoms with Gasteiger partial charge in [-0.15, -0.1) is 0 Å². The molecule has 12 nitrogen and oxygen atoms in total. The Labute approximate surface area is 115 Å². The molecule has 3 atom stereocenters. The number of nitrogens with zero attached hydrogens (tertiary/aromatic N) is 3. The summed E-state index contributed by atoms with van der Waals surface area (Å²) in [4.78, 5) is 35.7. The smallest absolute Gasteiger partial charge is 0.340 e. The standard InChI is InChI=1S/C9H15N3O9/c13-1-4(16)10-7(19)11(5(17)2-14)9(21)12(8(10)20)6(18)3-15/h4-6,13-18H,1-3H2. The minimum atomic E-state index is -2.06. The Bertz CT molecular complexity index is 539. The fourth-order valence-corrected chi connectivity index (χ4v) is 1.60. The van der Waals surface area contributed by atoms with Gasteiger partial charge in [-0.25, -0.2) is 28.1 Å². The fourth-order valence-electron chi connectivity index (χ4n) is 1.60. The van der Waals surface area contributed by atoms with Crippen LogP contribution >= 0.6 is 0 Å². The van der Waals surface area contributed by atoms with Gasteiger partial charge in [0, 0.05) is 0 Å². The highest BCUT2D eigenvalue weighted by Crippen LogP contribution is 1.98. The summed E-state index contributed by atoms with van der Waals surface area (Å²) in [6.45, 7) is -3.21. The lowest BCUT2D eigenvalue weighted by Gasteiger charge is -2.19. The molecule has 1 aromatic rings. The lowest BCUT2D eigenvalue weighted by molar-refractivity contribution is -0.0102. The summed E-state index contributed by atoms with van der Waals surface area (Å²) < 4.78 is -0.0442. The van der Waals surface area contributed by atoms with Crippen molar-refractivity contribution in [3.05, 3.63) is 31.5 Å². The molecule has 1 heterocycles. The Balaban J connectivity index is 3.89. The van der Waals surface area contributed by atoms with Crippen LogP contribution in [0.25, 0.3) is 0 Å². The minimum absolute atomic E-state index is 0.0147. The summed E-state index contributed by atoms with van der Waals surface area (Å²) >= 11 is 0. The average Bonchev–Trinajstić information content (AvgIpc) is 2.46. The molecule has 0 aliphatic carbocycles. The Morgan fingerprint density at radius 1 is 0.619 bits per heavy atom. The van der Waals surface area contributed by atoms with Crippen LogP contribution in [0.15, 0.2) is 14.4 Å². The van der Waals surface area contributed by atoms with E-state index in [4.69, 9.17) is 15.3 Å². The van der Waals surface area contributed by atoms with Gasteiger partial charge in [-0.05, 0) is 0 Å². The molecule has 12 heteroatoms. The molecule has 120 valence electrons. The topological polar surface area (TPSA) is 187 Å². The fraction of sp³-hybridized carbons (Fsp3) is 0.667. The number of rotatable bonds is 6. The number of aliphatic hydroxyl groups excluding tert-OH is 6. The number of aromatic nitrogens is 3. The van der Waals surface area contributed by atoms with Crippen molar-refractivity contribution in [1.29, 1.82) is 0 Å². The summed E-state index contributed by atoms with van der Waals surface area (Å²) in [6.07, 6.45) is -6.17. The first-order chi connectivity index (χ1) is 9.81. The zero-order chi connectivity index (χ0) is 16.3. The van der Waals surface area contributed by atoms with Crippen molar-refractivity contribution in [3.63, 3.8) is 0 Å². The van der Waals surface area contributed by atoms with Crippen LogP contribution in [0, 0.1) is 0 Å². The molecule has 0 saturated carbocycles. The molecule has 6 N–H and O–H groups in total. The van der Waals surface area contributed by atoms with Gasteiger partial charge in [-0.3, -0.25) is 0 Å². The minimum Gasteiger partial charge on any atom is -0.392 e. The maximum Gasteiger partial charge on any atom is 0.340 e. The first-order valence-corrected chi connectivity index (χ1v) is 5.68. The second kappa shape index (κ2) is 6.75. The highest BCUT2D eigenvalue weighted by Gasteiger charge is 2.25. The van der Waals surface area contributed by atoms with Crippen molar-refractivity contribution in [3.8, 4) is 0 Å². The molecule has 0 saturated heterocycles. The first-order valence-electron chi connectivity index (χ1n) is 5.68. The lowest BCUT2D eigenvalue weighted by atomic mass is 10.5. The molecular formula is C9H15N3O9. The van der Waals surface area contributed by atoms with Crippen LogP contribution < -0.4 is 17.1 Å². The molecule has 0 aromatic carbocycles. The molecule has 1 rings (SSSR count). The van der Waals surface area contributed by atoms with Crippen LogP contribution in [0.2, 0.25) is 0 Å². The first kappa shape index (κ1) is 17.2. The monoisotopic (exact) mass is 309 g/mol. The van der Waals surface area contributed by atoms with E-state index in [1.165, 1.54) is 0 Å². The lowest BCUT2D eigenvalue weighted by Crippen LogP contribution is -2.58. The predicted octanol–water partition coefficient (Wildman–Crippen LogP) is -5.38. The number of hydrogen-bond donors (Lipinski definition) is 6. The Kier molecular flexibility index (Phi) is 5.54. The van der Waals surface area contributed by atoms with Gasteiger partial charge in [-0.2, -0.15) is 0 Å². The largest absolute Gasteiger partial charge is 0.392 e. The SMILES string of the molecule is O=c1n(C(O)CO)c(=O)n(C(O)CO)c(=O)n1C(O)CO. The summed E-state index contributed by atoms with van der Waals surface area (Å²) in [5, 5.41) is 54.7. The second-order valence-corrected chi connectivity index (χ2v) is 3.95. The molecule has 0 bridgehead atoms. The van der Waals surface area contributed by atoms with Crippen LogP contribution in [0.5, 0.6) is 0 Å². The van der Waals surface area contributed by atoms with Crippen LogP contribution in [0.3, 0.4) is 0 Å². The molecule has 0 amide bonds. The second-order valence-electron chi connectivity index (χ2n) is 3.95. The molecule has 0 aliphatic heterocycles. The summed E-state index contributed by atoms with van der Waals surface area (Å²) in [5.74, 6) is 0. The summed E-state index contributed by atoms with van der Waals surface area (Å²) in [5.41, 5.74) is -4.52. The average molecular weight is 309 g/mol. The van der Waals surface area contributed by atoms with E-state index in [1.54, 1.807) is 0 Å². The number of hydrogen-bond acceptors (Lipinski definition) is 9. The van der Waals surface area contributed by atoms with E-state index in [0.29, 0.717) is 0 Å². The maximum atomic E-state index is 11.9.